The van der Waals surface area contributed by atoms with Gasteiger partial charge >= 0.3 is 14.1 Å². The maximum Gasteiger partial charge on any atom is 0.433 e. The van der Waals surface area contributed by atoms with E-state index in [4.69, 9.17) is 0 Å². The van der Waals surface area contributed by atoms with Crippen LogP contribution in [0.3, 0.4) is 0 Å². The van der Waals surface area contributed by atoms with Crippen LogP contribution < -0.4 is 4.43 Å². The Morgan fingerprint density at radius 3 is 1.61 bits per heavy atom. The molecule has 0 heterocycles. The third kappa shape index (κ3) is 3.35. The van der Waals surface area contributed by atoms with Crippen LogP contribution in [0.15, 0.2) is 48.1 Å². The van der Waals surface area contributed by atoms with Gasteiger partial charge < -0.3 is 0 Å². The van der Waals surface area contributed by atoms with Crippen molar-refractivity contribution in [3.05, 3.63) is 76.9 Å². The van der Waals surface area contributed by atoms with Crippen LogP contribution in [0, 0.1) is 30.2 Å². The van der Waals surface area contributed by atoms with Crippen molar-refractivity contribution in [3.63, 3.8) is 0 Å². The van der Waals surface area contributed by atoms with Gasteiger partial charge in [0.15, 0.2) is 17.5 Å². The highest BCUT2D eigenvalue weighted by Crippen LogP contribution is 2.41. The summed E-state index contributed by atoms with van der Waals surface area (Å²) in [5.41, 5.74) is -0.967. The van der Waals surface area contributed by atoms with Crippen LogP contribution in [0.1, 0.15) is 18.4 Å². The molecule has 3 rings (SSSR count). The standard InChI is InChI=1S/C7H3F4.2C6H5F2.Al/c1-3-4(8)2-5(9)7(11)6(3)10;2*7-5-2-1-3-6(8)4-5;/h1H3;2*1-3H,4H2;. The Labute approximate surface area is 159 Å². The van der Waals surface area contributed by atoms with Crippen molar-refractivity contribution in [2.45, 2.75) is 28.8 Å². The Morgan fingerprint density at radius 1 is 0.714 bits per heavy atom. The van der Waals surface area contributed by atoms with Crippen molar-refractivity contribution >= 4 is 18.6 Å². The zero-order chi connectivity index (χ0) is 20.9. The second-order valence-electron chi connectivity index (χ2n) is 6.88. The van der Waals surface area contributed by atoms with Gasteiger partial charge in [0.1, 0.15) is 17.5 Å². The maximum absolute atomic E-state index is 15.8. The molecule has 0 amide bonds. The third-order valence-electron chi connectivity index (χ3n) is 4.95. The Balaban J connectivity index is 2.31. The molecule has 0 saturated heterocycles. The molecule has 0 spiro atoms. The minimum Gasteiger partial charge on any atom is -0.256 e. The van der Waals surface area contributed by atoms with Crippen LogP contribution in [0.5, 0.6) is 0 Å². The Kier molecular flexibility index (Phi) is 5.37. The van der Waals surface area contributed by atoms with Crippen LogP contribution in [0.2, 0.25) is 0 Å². The van der Waals surface area contributed by atoms with Gasteiger partial charge in [-0.1, -0.05) is 24.3 Å². The quantitative estimate of drug-likeness (QED) is 0.267. The molecule has 0 fully saturated rings. The fourth-order valence-corrected chi connectivity index (χ4v) is 7.69. The molecule has 2 aliphatic carbocycles. The largest absolute Gasteiger partial charge is 0.433 e. The number of allylic oxidation sites excluding steroid dienone is 8. The van der Waals surface area contributed by atoms with E-state index in [2.05, 4.69) is 0 Å². The summed E-state index contributed by atoms with van der Waals surface area (Å²) in [6.07, 6.45) is 2.93. The lowest BCUT2D eigenvalue weighted by atomic mass is 10.1. The summed E-state index contributed by atoms with van der Waals surface area (Å²) in [6.45, 7) is 0.784. The molecule has 0 radical (unpaired) electrons. The van der Waals surface area contributed by atoms with Crippen LogP contribution in [0.4, 0.5) is 35.1 Å². The molecular weight excluding hydrogens is 407 g/mol. The monoisotopic (exact) mass is 420 g/mol. The highest BCUT2D eigenvalue weighted by Gasteiger charge is 2.61. The van der Waals surface area contributed by atoms with Crippen LogP contribution >= 0.6 is 0 Å². The van der Waals surface area contributed by atoms with Gasteiger partial charge in [0.05, 0.1) is 9.06 Å². The predicted molar refractivity (Wildman–Crippen MR) is 90.0 cm³/mol. The molecule has 0 nitrogen and oxygen atoms in total. The van der Waals surface area contributed by atoms with Gasteiger partial charge in [-0.25, -0.2) is 26.3 Å². The molecule has 1 aromatic carbocycles. The summed E-state index contributed by atoms with van der Waals surface area (Å²) < 4.78 is 109. The summed E-state index contributed by atoms with van der Waals surface area (Å²) in [6, 6.07) is 0. The van der Waals surface area contributed by atoms with Crippen molar-refractivity contribution in [1.82, 2.24) is 0 Å². The van der Waals surface area contributed by atoms with E-state index >= 15 is 8.78 Å². The first-order valence-corrected chi connectivity index (χ1v) is 10.0. The maximum atomic E-state index is 15.8. The molecule has 0 N–H and O–H groups in total. The molecular formula is C19H13AlF8. The van der Waals surface area contributed by atoms with Crippen molar-refractivity contribution < 1.29 is 35.1 Å². The smallest absolute Gasteiger partial charge is 0.256 e. The van der Waals surface area contributed by atoms with E-state index in [9.17, 15) is 26.3 Å². The van der Waals surface area contributed by atoms with Crippen molar-refractivity contribution in [2.24, 2.45) is 0 Å². The summed E-state index contributed by atoms with van der Waals surface area (Å²) in [5, 5.41) is 0. The normalized spacial score (nSPS) is 26.9. The molecule has 28 heavy (non-hydrogen) atoms. The fourth-order valence-electron chi connectivity index (χ4n) is 3.68. The Morgan fingerprint density at radius 2 is 1.18 bits per heavy atom. The average molecular weight is 420 g/mol. The first-order valence-electron chi connectivity index (χ1n) is 8.28. The van der Waals surface area contributed by atoms with E-state index in [0.29, 0.717) is 0 Å². The lowest BCUT2D eigenvalue weighted by Gasteiger charge is -2.38. The molecule has 2 unspecified atom stereocenters. The van der Waals surface area contributed by atoms with Gasteiger partial charge in [0.25, 0.3) is 0 Å². The number of benzene rings is 1. The van der Waals surface area contributed by atoms with Crippen molar-refractivity contribution in [3.8, 4) is 0 Å². The summed E-state index contributed by atoms with van der Waals surface area (Å²) in [4.78, 5) is 0. The Hall–Kier alpha value is -1.85. The van der Waals surface area contributed by atoms with E-state index in [-0.39, 0.29) is 0 Å². The van der Waals surface area contributed by atoms with Crippen LogP contribution in [0.25, 0.3) is 0 Å². The zero-order valence-electron chi connectivity index (χ0n) is 14.5. The van der Waals surface area contributed by atoms with Gasteiger partial charge in [0, 0.05) is 18.4 Å². The van der Waals surface area contributed by atoms with Gasteiger partial charge in [0.2, 0.25) is 0 Å². The molecule has 1 aromatic rings. The second-order valence-corrected chi connectivity index (χ2v) is 10.2. The first kappa shape index (κ1) is 20.9. The number of alkyl halides is 2. The number of hydrogen-bond acceptors (Lipinski definition) is 0. The predicted octanol–water partition coefficient (Wildman–Crippen LogP) is 5.37. The summed E-state index contributed by atoms with van der Waals surface area (Å²) in [7, 11) is 0. The lowest BCUT2D eigenvalue weighted by Crippen LogP contribution is -2.64. The minimum atomic E-state index is -4.44. The van der Waals surface area contributed by atoms with E-state index in [1.54, 1.807) is 0 Å². The molecule has 2 aliphatic rings. The minimum absolute atomic E-state index is 0.730. The van der Waals surface area contributed by atoms with Gasteiger partial charge in [-0.15, -0.1) is 0 Å². The molecule has 9 heteroatoms. The molecule has 148 valence electrons. The molecule has 0 bridgehead atoms. The van der Waals surface area contributed by atoms with Crippen LogP contribution in [-0.2, 0) is 0 Å². The molecule has 2 atom stereocenters. The molecule has 0 aromatic heterocycles. The van der Waals surface area contributed by atoms with E-state index in [0.717, 1.165) is 43.4 Å². The highest BCUT2D eigenvalue weighted by molar-refractivity contribution is 6.79. The SMILES string of the molecule is Cc1c(F)c(F)c(F)[c]([Al]([C]2(F)C=CC=C(F)C2)[C]2(F)C=CC=C(F)C2)c1F. The van der Waals surface area contributed by atoms with Crippen LogP contribution in [-0.4, -0.2) is 23.2 Å². The second kappa shape index (κ2) is 7.20. The lowest BCUT2D eigenvalue weighted by molar-refractivity contribution is 0.257. The van der Waals surface area contributed by atoms with E-state index in [1.165, 1.54) is 0 Å². The van der Waals surface area contributed by atoms with Crippen molar-refractivity contribution in [2.75, 3.05) is 0 Å². The van der Waals surface area contributed by atoms with Crippen molar-refractivity contribution in [1.29, 1.82) is 0 Å². The zero-order valence-corrected chi connectivity index (χ0v) is 15.6. The average Bonchev–Trinajstić information content (AvgIpc) is 2.61. The first-order chi connectivity index (χ1) is 13.0. The van der Waals surface area contributed by atoms with E-state index < -0.39 is 81.0 Å². The number of rotatable bonds is 3. The Bertz CT molecular complexity index is 877. The highest BCUT2D eigenvalue weighted by atomic mass is 27.2. The van der Waals surface area contributed by atoms with Gasteiger partial charge in [-0.05, 0) is 23.5 Å². The molecule has 0 saturated carbocycles. The number of halogens is 8. The van der Waals surface area contributed by atoms with E-state index in [1.807, 2.05) is 0 Å². The summed E-state index contributed by atoms with van der Waals surface area (Å²) >= 11 is -4.44. The molecule has 0 aliphatic heterocycles. The van der Waals surface area contributed by atoms with Gasteiger partial charge in [-0.2, -0.15) is 0 Å². The third-order valence-corrected chi connectivity index (χ3v) is 8.74. The fraction of sp³-hybridized carbons (Fsp3) is 0.263. The topological polar surface area (TPSA) is 0 Å². The van der Waals surface area contributed by atoms with Gasteiger partial charge in [-0.3, -0.25) is 8.78 Å². The number of hydrogen-bond donors (Lipinski definition) is 0. The summed E-state index contributed by atoms with van der Waals surface area (Å²) in [5.74, 6) is -9.72.